The molecule has 0 radical (unpaired) electrons. The Balaban J connectivity index is 1.50. The lowest BCUT2D eigenvalue weighted by Crippen LogP contribution is -2.22. The summed E-state index contributed by atoms with van der Waals surface area (Å²) in [7, 11) is 0. The van der Waals surface area contributed by atoms with E-state index in [2.05, 4.69) is 15.3 Å². The molecule has 0 saturated carbocycles. The van der Waals surface area contributed by atoms with Crippen molar-refractivity contribution in [3.63, 3.8) is 0 Å². The van der Waals surface area contributed by atoms with Gasteiger partial charge in [-0.1, -0.05) is 30.3 Å². The normalized spacial score (nSPS) is 11.5. The molecule has 2 heterocycles. The molecule has 0 fully saturated rings. The minimum absolute atomic E-state index is 0.00576. The molecule has 0 bridgehead atoms. The first-order valence-electron chi connectivity index (χ1n) is 10.4. The number of furan rings is 1. The van der Waals surface area contributed by atoms with Gasteiger partial charge < -0.3 is 14.7 Å². The summed E-state index contributed by atoms with van der Waals surface area (Å²) in [6, 6.07) is 26.1. The number of carbonyl (C=O) groups excluding carboxylic acids is 1. The average Bonchev–Trinajstić information content (AvgIpc) is 3.51. The van der Waals surface area contributed by atoms with E-state index < -0.39 is 4.92 Å². The van der Waals surface area contributed by atoms with Crippen LogP contribution in [0.4, 0.5) is 5.69 Å². The number of fused-ring (bicyclic) bond motifs is 1. The molecule has 0 unspecified atom stereocenters. The fourth-order valence-corrected chi connectivity index (χ4v) is 3.50. The summed E-state index contributed by atoms with van der Waals surface area (Å²) in [6.45, 7) is 0. The lowest BCUT2D eigenvalue weighted by molar-refractivity contribution is -0.384. The van der Waals surface area contributed by atoms with E-state index in [4.69, 9.17) is 4.42 Å². The van der Waals surface area contributed by atoms with Crippen LogP contribution in [0.1, 0.15) is 21.9 Å². The molecule has 0 aliphatic carbocycles. The summed E-state index contributed by atoms with van der Waals surface area (Å²) in [5.74, 6) is 1.23. The highest BCUT2D eigenvalue weighted by Gasteiger charge is 2.15. The Morgan fingerprint density at radius 1 is 0.941 bits per heavy atom. The number of hydrogen-bond acceptors (Lipinski definition) is 5. The van der Waals surface area contributed by atoms with E-state index in [0.717, 1.165) is 11.0 Å². The highest BCUT2D eigenvalue weighted by atomic mass is 16.6. The Labute approximate surface area is 193 Å². The van der Waals surface area contributed by atoms with Crippen molar-refractivity contribution in [1.82, 2.24) is 15.3 Å². The predicted molar refractivity (Wildman–Crippen MR) is 129 cm³/mol. The van der Waals surface area contributed by atoms with Gasteiger partial charge in [0, 0.05) is 29.3 Å². The SMILES string of the molecule is O=C(N/C(=C\c1ccc(-c2ccc([N+](=O)[O-])cc2)o1)c1nc2ccccc2[nH]1)c1ccccc1. The number of carbonyl (C=O) groups is 1. The van der Waals surface area contributed by atoms with E-state index in [1.807, 2.05) is 30.3 Å². The second kappa shape index (κ2) is 8.87. The second-order valence-electron chi connectivity index (χ2n) is 7.49. The maximum Gasteiger partial charge on any atom is 0.269 e. The summed E-state index contributed by atoms with van der Waals surface area (Å²) >= 11 is 0. The van der Waals surface area contributed by atoms with Gasteiger partial charge >= 0.3 is 0 Å². The van der Waals surface area contributed by atoms with E-state index in [0.29, 0.717) is 34.2 Å². The summed E-state index contributed by atoms with van der Waals surface area (Å²) in [5, 5.41) is 13.8. The molecule has 5 rings (SSSR count). The number of H-pyrrole nitrogens is 1. The Hall–Kier alpha value is -4.98. The van der Waals surface area contributed by atoms with Crippen molar-refractivity contribution in [2.75, 3.05) is 0 Å². The molecular formula is C26H18N4O4. The van der Waals surface area contributed by atoms with Gasteiger partial charge in [-0.2, -0.15) is 0 Å². The number of non-ortho nitro benzene ring substituents is 1. The largest absolute Gasteiger partial charge is 0.457 e. The third kappa shape index (κ3) is 4.33. The molecule has 0 aliphatic heterocycles. The molecule has 1 amide bonds. The Morgan fingerprint density at radius 2 is 1.68 bits per heavy atom. The smallest absolute Gasteiger partial charge is 0.269 e. The number of nitro groups is 1. The number of benzene rings is 3. The molecule has 166 valence electrons. The fraction of sp³-hybridized carbons (Fsp3) is 0. The van der Waals surface area contributed by atoms with E-state index in [1.54, 1.807) is 54.6 Å². The van der Waals surface area contributed by atoms with Crippen molar-refractivity contribution in [1.29, 1.82) is 0 Å². The fourth-order valence-electron chi connectivity index (χ4n) is 3.50. The van der Waals surface area contributed by atoms with Gasteiger partial charge in [0.15, 0.2) is 5.82 Å². The molecule has 2 aromatic heterocycles. The number of para-hydroxylation sites is 2. The Morgan fingerprint density at radius 3 is 2.41 bits per heavy atom. The van der Waals surface area contributed by atoms with Crippen LogP contribution in [-0.2, 0) is 0 Å². The van der Waals surface area contributed by atoms with Crippen LogP contribution < -0.4 is 5.32 Å². The Bertz CT molecular complexity index is 1480. The topological polar surface area (TPSA) is 114 Å². The van der Waals surface area contributed by atoms with Crippen LogP contribution in [0, 0.1) is 10.1 Å². The maximum absolute atomic E-state index is 12.9. The highest BCUT2D eigenvalue weighted by Crippen LogP contribution is 2.26. The van der Waals surface area contributed by atoms with Gasteiger partial charge in [-0.05, 0) is 48.5 Å². The third-order valence-corrected chi connectivity index (χ3v) is 5.20. The van der Waals surface area contributed by atoms with E-state index in [9.17, 15) is 14.9 Å². The number of nitro benzene ring substituents is 1. The highest BCUT2D eigenvalue weighted by molar-refractivity contribution is 6.01. The quantitative estimate of drug-likeness (QED) is 0.256. The maximum atomic E-state index is 12.9. The standard InChI is InChI=1S/C26H18N4O4/c31-26(18-6-2-1-3-7-18)29-23(25-27-21-8-4-5-9-22(21)28-25)16-20-14-15-24(34-20)17-10-12-19(13-11-17)30(32)33/h1-16H,(H,27,28)(H,29,31)/b23-16-. The minimum Gasteiger partial charge on any atom is -0.457 e. The molecule has 8 nitrogen and oxygen atoms in total. The van der Waals surface area contributed by atoms with Crippen LogP contribution in [0.3, 0.4) is 0 Å². The van der Waals surface area contributed by atoms with Crippen LogP contribution in [0.2, 0.25) is 0 Å². The van der Waals surface area contributed by atoms with E-state index in [-0.39, 0.29) is 11.6 Å². The molecule has 0 atom stereocenters. The average molecular weight is 450 g/mol. The number of nitrogens with one attached hydrogen (secondary N) is 2. The van der Waals surface area contributed by atoms with Gasteiger partial charge in [0.2, 0.25) is 0 Å². The zero-order valence-electron chi connectivity index (χ0n) is 17.8. The van der Waals surface area contributed by atoms with Gasteiger partial charge in [-0.25, -0.2) is 4.98 Å². The summed E-state index contributed by atoms with van der Waals surface area (Å²) in [5.41, 5.74) is 3.26. The van der Waals surface area contributed by atoms with Gasteiger partial charge in [0.05, 0.1) is 21.7 Å². The number of aromatic nitrogens is 2. The monoisotopic (exact) mass is 450 g/mol. The lowest BCUT2D eigenvalue weighted by atomic mass is 10.1. The minimum atomic E-state index is -0.449. The first kappa shape index (κ1) is 20.9. The van der Waals surface area contributed by atoms with Gasteiger partial charge in [0.1, 0.15) is 11.5 Å². The summed E-state index contributed by atoms with van der Waals surface area (Å²) < 4.78 is 5.94. The molecular weight excluding hydrogens is 432 g/mol. The summed E-state index contributed by atoms with van der Waals surface area (Å²) in [4.78, 5) is 31.1. The number of rotatable bonds is 6. The zero-order chi connectivity index (χ0) is 23.5. The van der Waals surface area contributed by atoms with Gasteiger partial charge in [0.25, 0.3) is 11.6 Å². The predicted octanol–water partition coefficient (Wildman–Crippen LogP) is 5.66. The van der Waals surface area contributed by atoms with Crippen molar-refractivity contribution in [2.45, 2.75) is 0 Å². The molecule has 0 spiro atoms. The van der Waals surface area contributed by atoms with Crippen LogP contribution in [-0.4, -0.2) is 20.8 Å². The van der Waals surface area contributed by atoms with E-state index in [1.165, 1.54) is 12.1 Å². The van der Waals surface area contributed by atoms with Crippen molar-refractivity contribution in [3.8, 4) is 11.3 Å². The van der Waals surface area contributed by atoms with Crippen molar-refractivity contribution >= 4 is 34.4 Å². The molecule has 0 aliphatic rings. The lowest BCUT2D eigenvalue weighted by Gasteiger charge is -2.07. The van der Waals surface area contributed by atoms with Crippen LogP contribution in [0.25, 0.3) is 34.1 Å². The van der Waals surface area contributed by atoms with Gasteiger partial charge in [-0.15, -0.1) is 0 Å². The molecule has 3 aromatic carbocycles. The van der Waals surface area contributed by atoms with E-state index >= 15 is 0 Å². The van der Waals surface area contributed by atoms with Gasteiger partial charge in [-0.3, -0.25) is 14.9 Å². The first-order chi connectivity index (χ1) is 16.6. The van der Waals surface area contributed by atoms with Crippen molar-refractivity contribution < 1.29 is 14.1 Å². The van der Waals surface area contributed by atoms with Crippen molar-refractivity contribution in [3.05, 3.63) is 118 Å². The number of aromatic amines is 1. The number of amides is 1. The molecule has 34 heavy (non-hydrogen) atoms. The number of imidazole rings is 1. The first-order valence-corrected chi connectivity index (χ1v) is 10.4. The molecule has 0 saturated heterocycles. The zero-order valence-corrected chi connectivity index (χ0v) is 17.8. The van der Waals surface area contributed by atoms with Crippen LogP contribution in [0.5, 0.6) is 0 Å². The van der Waals surface area contributed by atoms with Crippen LogP contribution >= 0.6 is 0 Å². The second-order valence-corrected chi connectivity index (χ2v) is 7.49. The number of nitrogens with zero attached hydrogens (tertiary/aromatic N) is 2. The third-order valence-electron chi connectivity index (χ3n) is 5.20. The molecule has 5 aromatic rings. The number of hydrogen-bond donors (Lipinski definition) is 2. The molecule has 2 N–H and O–H groups in total. The molecule has 8 heteroatoms. The summed E-state index contributed by atoms with van der Waals surface area (Å²) in [6.07, 6.45) is 1.69. The Kier molecular flexibility index (Phi) is 5.45. The van der Waals surface area contributed by atoms with Crippen LogP contribution in [0.15, 0.2) is 95.4 Å². The van der Waals surface area contributed by atoms with Crippen molar-refractivity contribution in [2.24, 2.45) is 0 Å².